The molecule has 0 aliphatic carbocycles. The zero-order valence-corrected chi connectivity index (χ0v) is 16.1. The first-order valence-corrected chi connectivity index (χ1v) is 9.58. The number of nitrogens with zero attached hydrogens (tertiary/aromatic N) is 2. The summed E-state index contributed by atoms with van der Waals surface area (Å²) in [4.78, 5) is 15.3. The summed E-state index contributed by atoms with van der Waals surface area (Å²) in [6, 6.07) is 16.3. The molecule has 26 heavy (non-hydrogen) atoms. The second kappa shape index (κ2) is 6.29. The normalized spacial score (nSPS) is 24.2. The lowest BCUT2D eigenvalue weighted by atomic mass is 9.77. The number of rotatable bonds is 3. The van der Waals surface area contributed by atoms with Crippen LogP contribution in [0.3, 0.4) is 0 Å². The van der Waals surface area contributed by atoms with Crippen molar-refractivity contribution in [2.75, 3.05) is 11.9 Å². The molecule has 2 heterocycles. The second-order valence-corrected chi connectivity index (χ2v) is 7.65. The van der Waals surface area contributed by atoms with Gasteiger partial charge >= 0.3 is 0 Å². The van der Waals surface area contributed by atoms with Crippen LogP contribution >= 0.6 is 11.6 Å². The van der Waals surface area contributed by atoms with Crippen LogP contribution < -0.4 is 10.3 Å². The van der Waals surface area contributed by atoms with Crippen molar-refractivity contribution in [1.29, 1.82) is 0 Å². The molecule has 136 valence electrons. The minimum absolute atomic E-state index is 0.0381. The van der Waals surface area contributed by atoms with Gasteiger partial charge in [-0.15, -0.1) is 0 Å². The number of hydrogen-bond acceptors (Lipinski definition) is 3. The van der Waals surface area contributed by atoms with E-state index < -0.39 is 5.41 Å². The lowest BCUT2D eigenvalue weighted by molar-refractivity contribution is -0.128. The zero-order valence-electron chi connectivity index (χ0n) is 15.4. The number of carbonyl (C=O) groups is 1. The van der Waals surface area contributed by atoms with Crippen molar-refractivity contribution in [2.45, 2.75) is 38.9 Å². The van der Waals surface area contributed by atoms with E-state index in [1.807, 2.05) is 30.3 Å². The maximum Gasteiger partial charge on any atom is 0.244 e. The molecular weight excluding hydrogens is 346 g/mol. The molecule has 2 aliphatic heterocycles. The van der Waals surface area contributed by atoms with Crippen LogP contribution in [0.4, 0.5) is 5.69 Å². The largest absolute Gasteiger partial charge is 0.356 e. The molecule has 2 unspecified atom stereocenters. The average molecular weight is 370 g/mol. The molecule has 0 saturated carbocycles. The summed E-state index contributed by atoms with van der Waals surface area (Å²) in [7, 11) is 2.08. The van der Waals surface area contributed by atoms with E-state index in [9.17, 15) is 4.79 Å². The van der Waals surface area contributed by atoms with Gasteiger partial charge in [0, 0.05) is 23.3 Å². The SMILES string of the molecule is CCC1(CC)C(=O)NN2C(c3ccccc3)c3cc(Cl)ccc3N(C)C21. The van der Waals surface area contributed by atoms with Crippen molar-refractivity contribution >= 4 is 23.2 Å². The first-order chi connectivity index (χ1) is 12.5. The molecule has 1 saturated heterocycles. The van der Waals surface area contributed by atoms with Crippen molar-refractivity contribution in [2.24, 2.45) is 5.41 Å². The Hall–Kier alpha value is -2.04. The number of anilines is 1. The summed E-state index contributed by atoms with van der Waals surface area (Å²) in [6.07, 6.45) is 1.56. The molecule has 2 aliphatic rings. The summed E-state index contributed by atoms with van der Waals surface area (Å²) < 4.78 is 0. The number of hydrazine groups is 1. The molecule has 2 atom stereocenters. The number of nitrogens with one attached hydrogen (secondary N) is 1. The molecule has 4 nitrogen and oxygen atoms in total. The molecule has 5 heteroatoms. The number of benzene rings is 2. The summed E-state index contributed by atoms with van der Waals surface area (Å²) in [5, 5.41) is 2.84. The van der Waals surface area contributed by atoms with Crippen molar-refractivity contribution in [1.82, 2.24) is 10.4 Å². The molecule has 1 fully saturated rings. The highest BCUT2D eigenvalue weighted by Crippen LogP contribution is 2.51. The summed E-state index contributed by atoms with van der Waals surface area (Å²) in [5.41, 5.74) is 6.16. The van der Waals surface area contributed by atoms with Gasteiger partial charge in [-0.3, -0.25) is 10.2 Å². The van der Waals surface area contributed by atoms with Crippen LogP contribution in [-0.4, -0.2) is 24.1 Å². The Bertz CT molecular complexity index is 834. The van der Waals surface area contributed by atoms with E-state index in [0.29, 0.717) is 5.02 Å². The van der Waals surface area contributed by atoms with Crippen LogP contribution in [0.1, 0.15) is 43.9 Å². The molecule has 2 aromatic carbocycles. The number of hydrogen-bond donors (Lipinski definition) is 1. The second-order valence-electron chi connectivity index (χ2n) is 7.21. The van der Waals surface area contributed by atoms with Gasteiger partial charge < -0.3 is 4.90 Å². The summed E-state index contributed by atoms with van der Waals surface area (Å²) >= 11 is 6.33. The minimum Gasteiger partial charge on any atom is -0.356 e. The predicted molar refractivity (Wildman–Crippen MR) is 105 cm³/mol. The third kappa shape index (κ3) is 2.29. The van der Waals surface area contributed by atoms with Crippen LogP contribution in [-0.2, 0) is 4.79 Å². The highest BCUT2D eigenvalue weighted by atomic mass is 35.5. The van der Waals surface area contributed by atoms with Crippen LogP contribution in [0.25, 0.3) is 0 Å². The topological polar surface area (TPSA) is 35.6 Å². The van der Waals surface area contributed by atoms with Crippen LogP contribution in [0.15, 0.2) is 48.5 Å². The van der Waals surface area contributed by atoms with E-state index in [4.69, 9.17) is 11.6 Å². The average Bonchev–Trinajstić information content (AvgIpc) is 2.95. The summed E-state index contributed by atoms with van der Waals surface area (Å²) in [5.74, 6) is 0.110. The fourth-order valence-corrected chi connectivity index (χ4v) is 4.88. The zero-order chi connectivity index (χ0) is 18.5. The standard InChI is InChI=1S/C21H24ClN3O/c1-4-21(5-2)19(26)23-25-18(14-9-7-6-8-10-14)16-13-15(22)11-12-17(16)24(3)20(21)25/h6-13,18,20H,4-5H2,1-3H3,(H,23,26). The van der Waals surface area contributed by atoms with Crippen molar-refractivity contribution in [3.63, 3.8) is 0 Å². The van der Waals surface area contributed by atoms with Crippen molar-refractivity contribution < 1.29 is 4.79 Å². The fraction of sp³-hybridized carbons (Fsp3) is 0.381. The van der Waals surface area contributed by atoms with Gasteiger partial charge in [-0.25, -0.2) is 0 Å². The van der Waals surface area contributed by atoms with Crippen LogP contribution in [0, 0.1) is 5.41 Å². The molecule has 0 aromatic heterocycles. The van der Waals surface area contributed by atoms with Crippen LogP contribution in [0.2, 0.25) is 5.02 Å². The Labute approximate surface area is 159 Å². The Morgan fingerprint density at radius 1 is 1.12 bits per heavy atom. The van der Waals surface area contributed by atoms with Gasteiger partial charge in [0.15, 0.2) is 0 Å². The Kier molecular flexibility index (Phi) is 4.20. The Morgan fingerprint density at radius 2 is 1.81 bits per heavy atom. The van der Waals surface area contributed by atoms with E-state index in [1.54, 1.807) is 0 Å². The maximum absolute atomic E-state index is 13.1. The van der Waals surface area contributed by atoms with Gasteiger partial charge in [-0.1, -0.05) is 55.8 Å². The monoisotopic (exact) mass is 369 g/mol. The quantitative estimate of drug-likeness (QED) is 0.873. The molecule has 4 rings (SSSR count). The van der Waals surface area contributed by atoms with Gasteiger partial charge in [-0.2, -0.15) is 5.01 Å². The van der Waals surface area contributed by atoms with E-state index in [0.717, 1.165) is 29.7 Å². The highest BCUT2D eigenvalue weighted by molar-refractivity contribution is 6.30. The summed E-state index contributed by atoms with van der Waals surface area (Å²) in [6.45, 7) is 4.21. The van der Waals surface area contributed by atoms with Gasteiger partial charge in [0.05, 0.1) is 11.5 Å². The molecule has 0 radical (unpaired) electrons. The van der Waals surface area contributed by atoms with E-state index in [-0.39, 0.29) is 18.1 Å². The number of amides is 1. The number of carbonyl (C=O) groups excluding carboxylic acids is 1. The van der Waals surface area contributed by atoms with Gasteiger partial charge in [-0.05, 0) is 36.6 Å². The van der Waals surface area contributed by atoms with Gasteiger partial charge in [0.25, 0.3) is 0 Å². The first kappa shape index (κ1) is 17.4. The van der Waals surface area contributed by atoms with Crippen molar-refractivity contribution in [3.05, 3.63) is 64.7 Å². The molecule has 1 amide bonds. The first-order valence-electron chi connectivity index (χ1n) is 9.20. The fourth-order valence-electron chi connectivity index (χ4n) is 4.70. The minimum atomic E-state index is -0.431. The smallest absolute Gasteiger partial charge is 0.244 e. The van der Waals surface area contributed by atoms with E-state index in [1.165, 1.54) is 0 Å². The molecular formula is C21H24ClN3O. The lowest BCUT2D eigenvalue weighted by Crippen LogP contribution is -2.57. The lowest BCUT2D eigenvalue weighted by Gasteiger charge is -2.48. The maximum atomic E-state index is 13.1. The van der Waals surface area contributed by atoms with Gasteiger partial charge in [0.2, 0.25) is 5.91 Å². The van der Waals surface area contributed by atoms with Crippen molar-refractivity contribution in [3.8, 4) is 0 Å². The number of fused-ring (bicyclic) bond motifs is 2. The highest BCUT2D eigenvalue weighted by Gasteiger charge is 2.58. The molecule has 0 spiro atoms. The number of halogens is 1. The van der Waals surface area contributed by atoms with Gasteiger partial charge in [0.1, 0.15) is 6.17 Å². The van der Waals surface area contributed by atoms with E-state index in [2.05, 4.69) is 54.4 Å². The van der Waals surface area contributed by atoms with Crippen LogP contribution in [0.5, 0.6) is 0 Å². The molecule has 1 N–H and O–H groups in total. The molecule has 2 aromatic rings. The predicted octanol–water partition coefficient (Wildman–Crippen LogP) is 4.36. The van der Waals surface area contributed by atoms with E-state index >= 15 is 0 Å². The Morgan fingerprint density at radius 3 is 2.46 bits per heavy atom. The Balaban J connectivity index is 1.95. The third-order valence-corrected chi connectivity index (χ3v) is 6.36. The third-order valence-electron chi connectivity index (χ3n) is 6.13. The molecule has 0 bridgehead atoms.